The van der Waals surface area contributed by atoms with E-state index >= 15 is 0 Å². The molecule has 0 bridgehead atoms. The van der Waals surface area contributed by atoms with Crippen LogP contribution in [-0.2, 0) is 0 Å². The first kappa shape index (κ1) is 7.47. The zero-order chi connectivity index (χ0) is 8.72. The van der Waals surface area contributed by atoms with E-state index in [0.29, 0.717) is 12.0 Å². The first-order chi connectivity index (χ1) is 5.68. The third-order valence-electron chi connectivity index (χ3n) is 2.70. The maximum absolute atomic E-state index is 5.71. The van der Waals surface area contributed by atoms with Crippen LogP contribution < -0.4 is 5.73 Å². The molecule has 2 aliphatic rings. The zero-order valence-electron chi connectivity index (χ0n) is 7.49. The summed E-state index contributed by atoms with van der Waals surface area (Å²) in [6, 6.07) is 0.497. The number of nitrogens with two attached hydrogens (primary N) is 1. The second kappa shape index (κ2) is 2.41. The molecular formula is C10H14N2. The fraction of sp³-hybridized carbons (Fsp3) is 0.400. The van der Waals surface area contributed by atoms with Crippen LogP contribution in [-0.4, -0.2) is 18.0 Å². The number of fused-ring (bicyclic) bond motifs is 1. The van der Waals surface area contributed by atoms with E-state index in [-0.39, 0.29) is 0 Å². The molecule has 0 fully saturated rings. The molecule has 0 spiro atoms. The first-order valence-corrected chi connectivity index (χ1v) is 4.25. The highest BCUT2D eigenvalue weighted by Crippen LogP contribution is 2.30. The van der Waals surface area contributed by atoms with Crippen molar-refractivity contribution in [2.45, 2.75) is 13.0 Å². The topological polar surface area (TPSA) is 29.3 Å². The lowest BCUT2D eigenvalue weighted by Crippen LogP contribution is -2.29. The second-order valence-corrected chi connectivity index (χ2v) is 3.51. The third kappa shape index (κ3) is 0.951. The molecule has 1 aliphatic heterocycles. The third-order valence-corrected chi connectivity index (χ3v) is 2.70. The summed E-state index contributed by atoms with van der Waals surface area (Å²) in [5.41, 5.74) is 7.93. The smallest absolute Gasteiger partial charge is 0.0569 e. The lowest BCUT2D eigenvalue weighted by atomic mass is 9.96. The van der Waals surface area contributed by atoms with Crippen LogP contribution in [0.4, 0.5) is 0 Å². The highest BCUT2D eigenvalue weighted by Gasteiger charge is 2.28. The monoisotopic (exact) mass is 162 g/mol. The summed E-state index contributed by atoms with van der Waals surface area (Å²) >= 11 is 0. The van der Waals surface area contributed by atoms with Crippen LogP contribution >= 0.6 is 0 Å². The summed E-state index contributed by atoms with van der Waals surface area (Å²) in [6.07, 6.45) is 8.55. The zero-order valence-corrected chi connectivity index (χ0v) is 7.49. The van der Waals surface area contributed by atoms with Crippen LogP contribution in [0.5, 0.6) is 0 Å². The van der Waals surface area contributed by atoms with Gasteiger partial charge < -0.3 is 10.6 Å². The molecule has 2 rings (SSSR count). The van der Waals surface area contributed by atoms with Crippen molar-refractivity contribution in [1.29, 1.82) is 0 Å². The molecule has 0 aromatic heterocycles. The van der Waals surface area contributed by atoms with Crippen molar-refractivity contribution in [2.24, 2.45) is 11.7 Å². The van der Waals surface area contributed by atoms with E-state index in [1.54, 1.807) is 0 Å². The molecule has 0 saturated carbocycles. The Morgan fingerprint density at radius 3 is 2.92 bits per heavy atom. The van der Waals surface area contributed by atoms with Gasteiger partial charge in [0.2, 0.25) is 0 Å². The minimum absolute atomic E-state index is 0.486. The van der Waals surface area contributed by atoms with Crippen molar-refractivity contribution in [3.05, 3.63) is 35.7 Å². The summed E-state index contributed by atoms with van der Waals surface area (Å²) in [5, 5.41) is 0. The highest BCUT2D eigenvalue weighted by atomic mass is 15.2. The summed E-state index contributed by atoms with van der Waals surface area (Å²) < 4.78 is 0. The standard InChI is InChI=1S/C10H14N2/c1-7-5-8-6-9(11)3-4-10(8)12(7)2/h3-6,8,10H,11H2,1-2H3. The molecule has 12 heavy (non-hydrogen) atoms. The molecule has 2 heteroatoms. The molecule has 0 radical (unpaired) electrons. The fourth-order valence-electron chi connectivity index (χ4n) is 1.88. The number of allylic oxidation sites excluding steroid dienone is 2. The number of nitrogens with zero attached hydrogens (tertiary/aromatic N) is 1. The quantitative estimate of drug-likeness (QED) is 0.580. The van der Waals surface area contributed by atoms with Crippen LogP contribution in [0.2, 0.25) is 0 Å². The van der Waals surface area contributed by atoms with Crippen molar-refractivity contribution in [2.75, 3.05) is 7.05 Å². The Morgan fingerprint density at radius 1 is 1.42 bits per heavy atom. The van der Waals surface area contributed by atoms with E-state index in [2.05, 4.69) is 37.1 Å². The van der Waals surface area contributed by atoms with E-state index in [0.717, 1.165) is 5.70 Å². The van der Waals surface area contributed by atoms with Gasteiger partial charge in [0.1, 0.15) is 0 Å². The molecular weight excluding hydrogens is 148 g/mol. The van der Waals surface area contributed by atoms with Crippen molar-refractivity contribution < 1.29 is 0 Å². The molecule has 2 N–H and O–H groups in total. The molecule has 0 saturated heterocycles. The van der Waals surface area contributed by atoms with Crippen LogP contribution in [0, 0.1) is 5.92 Å². The Hall–Kier alpha value is -1.18. The number of hydrogen-bond acceptors (Lipinski definition) is 2. The summed E-state index contributed by atoms with van der Waals surface area (Å²) in [4.78, 5) is 2.28. The van der Waals surface area contributed by atoms with E-state index in [4.69, 9.17) is 5.73 Å². The minimum Gasteiger partial charge on any atom is -0.399 e. The fourth-order valence-corrected chi connectivity index (χ4v) is 1.88. The predicted octanol–water partition coefficient (Wildman–Crippen LogP) is 1.23. The molecule has 2 unspecified atom stereocenters. The molecule has 2 nitrogen and oxygen atoms in total. The lowest BCUT2D eigenvalue weighted by Gasteiger charge is -2.26. The Kier molecular flexibility index (Phi) is 1.50. The van der Waals surface area contributed by atoms with E-state index in [1.807, 2.05) is 6.08 Å². The van der Waals surface area contributed by atoms with Gasteiger partial charge in [0.05, 0.1) is 6.04 Å². The molecule has 0 aromatic carbocycles. The van der Waals surface area contributed by atoms with Crippen molar-refractivity contribution in [3.63, 3.8) is 0 Å². The van der Waals surface area contributed by atoms with Gasteiger partial charge in [-0.05, 0) is 13.0 Å². The minimum atomic E-state index is 0.486. The van der Waals surface area contributed by atoms with Crippen molar-refractivity contribution in [1.82, 2.24) is 4.90 Å². The average Bonchev–Trinajstić information content (AvgIpc) is 2.28. The Bertz CT molecular complexity index is 286. The highest BCUT2D eigenvalue weighted by molar-refractivity contribution is 5.32. The predicted molar refractivity (Wildman–Crippen MR) is 50.2 cm³/mol. The van der Waals surface area contributed by atoms with E-state index < -0.39 is 0 Å². The SMILES string of the molecule is CC1=CC2C=C(N)C=CC2N1C. The second-order valence-electron chi connectivity index (χ2n) is 3.51. The normalized spacial score (nSPS) is 33.0. The molecule has 0 aromatic rings. The molecule has 1 aliphatic carbocycles. The molecule has 64 valence electrons. The van der Waals surface area contributed by atoms with Gasteiger partial charge in [-0.25, -0.2) is 0 Å². The van der Waals surface area contributed by atoms with Crippen LogP contribution in [0.25, 0.3) is 0 Å². The van der Waals surface area contributed by atoms with Gasteiger partial charge in [0, 0.05) is 24.4 Å². The average molecular weight is 162 g/mol. The molecule has 1 heterocycles. The van der Waals surface area contributed by atoms with E-state index in [1.165, 1.54) is 5.70 Å². The Morgan fingerprint density at radius 2 is 2.17 bits per heavy atom. The lowest BCUT2D eigenvalue weighted by molar-refractivity contribution is 0.356. The van der Waals surface area contributed by atoms with Gasteiger partial charge in [0.15, 0.2) is 0 Å². The van der Waals surface area contributed by atoms with Gasteiger partial charge in [-0.3, -0.25) is 0 Å². The van der Waals surface area contributed by atoms with Crippen LogP contribution in [0.3, 0.4) is 0 Å². The van der Waals surface area contributed by atoms with Gasteiger partial charge in [-0.15, -0.1) is 0 Å². The van der Waals surface area contributed by atoms with Crippen LogP contribution in [0.1, 0.15) is 6.92 Å². The van der Waals surface area contributed by atoms with Crippen molar-refractivity contribution in [3.8, 4) is 0 Å². The molecule has 2 atom stereocenters. The maximum atomic E-state index is 5.71. The maximum Gasteiger partial charge on any atom is 0.0569 e. The Labute approximate surface area is 73.0 Å². The molecule has 0 amide bonds. The van der Waals surface area contributed by atoms with Gasteiger partial charge >= 0.3 is 0 Å². The van der Waals surface area contributed by atoms with Crippen molar-refractivity contribution >= 4 is 0 Å². The van der Waals surface area contributed by atoms with Crippen LogP contribution in [0.15, 0.2) is 35.7 Å². The van der Waals surface area contributed by atoms with Gasteiger partial charge in [-0.2, -0.15) is 0 Å². The Balaban J connectivity index is 2.31. The van der Waals surface area contributed by atoms with Gasteiger partial charge in [0.25, 0.3) is 0 Å². The van der Waals surface area contributed by atoms with Gasteiger partial charge in [-0.1, -0.05) is 18.2 Å². The summed E-state index contributed by atoms with van der Waals surface area (Å²) in [7, 11) is 2.12. The largest absolute Gasteiger partial charge is 0.399 e. The number of hydrogen-bond donors (Lipinski definition) is 1. The number of likely N-dealkylation sites (N-methyl/N-ethyl adjacent to an activating group) is 1. The first-order valence-electron chi connectivity index (χ1n) is 4.25. The summed E-state index contributed by atoms with van der Waals surface area (Å²) in [6.45, 7) is 2.14. The number of rotatable bonds is 0. The van der Waals surface area contributed by atoms with E-state index in [9.17, 15) is 0 Å². The summed E-state index contributed by atoms with van der Waals surface area (Å²) in [5.74, 6) is 0.486.